The second-order valence-electron chi connectivity index (χ2n) is 16.8. The summed E-state index contributed by atoms with van der Waals surface area (Å²) in [6.07, 6.45) is -58.5. The summed E-state index contributed by atoms with van der Waals surface area (Å²) in [5, 5.41) is 196. The highest BCUT2D eigenvalue weighted by atomic mass is 16.8. The van der Waals surface area contributed by atoms with Crippen LogP contribution in [0.1, 0.15) is 0 Å². The van der Waals surface area contributed by atoms with Crippen molar-refractivity contribution in [2.75, 3.05) is 39.6 Å². The first-order chi connectivity index (χ1) is 31.4. The molecule has 22 aliphatic heterocycles. The van der Waals surface area contributed by atoms with Crippen molar-refractivity contribution in [3.05, 3.63) is 0 Å². The lowest BCUT2D eigenvalue weighted by atomic mass is 9.94. The minimum absolute atomic E-state index is 0.999. The Hall–Kier alpha value is -1.20. The molecule has 18 N–H and O–H groups in total. The van der Waals surface area contributed by atoms with E-state index in [4.69, 9.17) is 56.8 Å². The third kappa shape index (κ3) is 10.0. The Kier molecular flexibility index (Phi) is 17.6. The van der Waals surface area contributed by atoms with E-state index in [-0.39, 0.29) is 0 Å². The van der Waals surface area contributed by atoms with E-state index in [1.165, 1.54) is 0 Å². The fraction of sp³-hybridized carbons (Fsp3) is 1.00. The molecule has 0 aromatic carbocycles. The van der Waals surface area contributed by atoms with Crippen molar-refractivity contribution in [3.8, 4) is 0 Å². The van der Waals surface area contributed by atoms with Gasteiger partial charge in [0.2, 0.25) is 0 Å². The summed E-state index contributed by atoms with van der Waals surface area (Å²) >= 11 is 0. The predicted octanol–water partition coefficient (Wildman–Crippen LogP) is -13.1. The lowest BCUT2D eigenvalue weighted by molar-refractivity contribution is -0.404. The van der Waals surface area contributed by atoms with Crippen molar-refractivity contribution < 1.29 is 149 Å². The summed E-state index contributed by atoms with van der Waals surface area (Å²) in [4.78, 5) is 0. The van der Waals surface area contributed by atoms with Crippen molar-refractivity contribution in [3.63, 3.8) is 0 Å². The predicted molar refractivity (Wildman–Crippen MR) is 196 cm³/mol. The molecule has 0 aromatic rings. The molecule has 30 heteroatoms. The molecule has 66 heavy (non-hydrogen) atoms. The first-order valence-electron chi connectivity index (χ1n) is 21.1. The molecule has 0 saturated carbocycles. The maximum Gasteiger partial charge on any atom is 0.187 e. The first-order valence-corrected chi connectivity index (χ1v) is 21.1. The van der Waals surface area contributed by atoms with Gasteiger partial charge in [-0.3, -0.25) is 0 Å². The Bertz CT molecular complexity index is 1230. The van der Waals surface area contributed by atoms with Gasteiger partial charge < -0.3 is 149 Å². The molecule has 12 bridgehead atoms. The summed E-state index contributed by atoms with van der Waals surface area (Å²) in [6.45, 7) is -5.99. The molecule has 384 valence electrons. The van der Waals surface area contributed by atoms with Gasteiger partial charge in [-0.1, -0.05) is 0 Å². The molecule has 22 saturated heterocycles. The molecule has 30 atom stereocenters. The van der Waals surface area contributed by atoms with Crippen molar-refractivity contribution in [1.29, 1.82) is 0 Å². The van der Waals surface area contributed by atoms with Crippen LogP contribution in [0.3, 0.4) is 0 Å². The van der Waals surface area contributed by atoms with Crippen molar-refractivity contribution in [1.82, 2.24) is 0 Å². The third-order valence-electron chi connectivity index (χ3n) is 12.7. The van der Waals surface area contributed by atoms with Gasteiger partial charge in [0, 0.05) is 0 Å². The van der Waals surface area contributed by atoms with Gasteiger partial charge in [-0.25, -0.2) is 0 Å². The van der Waals surface area contributed by atoms with Crippen LogP contribution in [0.2, 0.25) is 0 Å². The van der Waals surface area contributed by atoms with Crippen LogP contribution in [0.4, 0.5) is 0 Å². The number of aliphatic hydroxyl groups is 18. The molecule has 9 unspecified atom stereocenters. The molecule has 22 aliphatic rings. The number of rotatable bonds is 6. The molecule has 0 spiro atoms. The van der Waals surface area contributed by atoms with Gasteiger partial charge in [-0.05, 0) is 0 Å². The number of aliphatic hydroxyl groups excluding tert-OH is 18. The van der Waals surface area contributed by atoms with Gasteiger partial charge >= 0.3 is 0 Å². The Labute approximate surface area is 372 Å². The number of hydrogen-bond donors (Lipinski definition) is 18. The topological polar surface area (TPSA) is 475 Å². The quantitative estimate of drug-likeness (QED) is 0.117. The van der Waals surface area contributed by atoms with Crippen LogP contribution in [0.15, 0.2) is 0 Å². The average Bonchev–Trinajstić information content (AvgIpc) is 3.31. The lowest BCUT2D eigenvalue weighted by Gasteiger charge is -2.50. The van der Waals surface area contributed by atoms with Crippen LogP contribution in [0.5, 0.6) is 0 Å². The van der Waals surface area contributed by atoms with E-state index >= 15 is 0 Å². The second kappa shape index (κ2) is 22.1. The Morgan fingerprint density at radius 2 is 0.303 bits per heavy atom. The highest BCUT2D eigenvalue weighted by Crippen LogP contribution is 2.38. The monoisotopic (exact) mass is 972 g/mol. The Morgan fingerprint density at radius 1 is 0.182 bits per heavy atom. The zero-order valence-corrected chi connectivity index (χ0v) is 34.5. The highest BCUT2D eigenvalue weighted by molar-refractivity contribution is 5.01. The average molecular weight is 973 g/mol. The molecular formula is C36H60O30. The second-order valence-corrected chi connectivity index (χ2v) is 16.8. The molecule has 30 nitrogen and oxygen atoms in total. The first kappa shape index (κ1) is 52.6. The smallest absolute Gasteiger partial charge is 0.187 e. The molecule has 0 aromatic heterocycles. The SMILES string of the molecule is OC[C@H]1OC2OC3[C@@H](CO)OC(O[C@H]4[C@H](O)[C@@H](O)C(O[C@H]5[C@H](O)[C@@H](O)C(OC6[C@@H](CO)OC(O[C@H]7[C@H](O)[C@@H](O)C(OC1[C@H](O)[C@H]2O)O[C@@H]7CO)[C@H](O)[C@H]6O)O[C@@H]5CO)O[C@@H]4CO)[C@H](O)[C@H]3O. The van der Waals surface area contributed by atoms with E-state index in [1.54, 1.807) is 0 Å². The zero-order chi connectivity index (χ0) is 48.0. The molecule has 22 fully saturated rings. The van der Waals surface area contributed by atoms with Crippen LogP contribution < -0.4 is 0 Å². The van der Waals surface area contributed by atoms with Gasteiger partial charge in [0.1, 0.15) is 146 Å². The van der Waals surface area contributed by atoms with Crippen LogP contribution in [0.25, 0.3) is 0 Å². The van der Waals surface area contributed by atoms with E-state index in [1.807, 2.05) is 0 Å². The van der Waals surface area contributed by atoms with E-state index in [2.05, 4.69) is 0 Å². The maximum absolute atomic E-state index is 11.2. The number of hydrogen-bond acceptors (Lipinski definition) is 30. The summed E-state index contributed by atoms with van der Waals surface area (Å²) < 4.78 is 67.9. The van der Waals surface area contributed by atoms with Crippen molar-refractivity contribution in [2.45, 2.75) is 184 Å². The van der Waals surface area contributed by atoms with Crippen LogP contribution in [0, 0.1) is 0 Å². The standard InChI is InChI=1S/C36H60O30/c37-1-7-25-13(43)19(49)31(55-7)62-26-8(2-38)57-33(21(51)15(26)45)64-28-10(4-40)59-35(23(53)17(28)47)66-30-12(6-42)60-36(24(54)18(30)48)65-29-11(5-41)58-34(22(52)16(29)46)63-27-9(3-39)56-32(61-25)20(50)14(27)44/h7-54H,1-6H2/t7-,8-,9-,10-,11-,12-,13-,14-,15-,16-,17-,18-,19-,20-,21-,22-,23-,24-,25-,26-,27?,28?,29?,30-,31?,32?,33?,34?,35?,36?/m1/s1. The summed E-state index contributed by atoms with van der Waals surface area (Å²) in [7, 11) is 0. The fourth-order valence-corrected chi connectivity index (χ4v) is 8.93. The van der Waals surface area contributed by atoms with Crippen LogP contribution in [-0.2, 0) is 56.8 Å². The summed E-state index contributed by atoms with van der Waals surface area (Å²) in [6, 6.07) is 0. The third-order valence-corrected chi connectivity index (χ3v) is 12.7. The van der Waals surface area contributed by atoms with Crippen molar-refractivity contribution in [2.24, 2.45) is 0 Å². The van der Waals surface area contributed by atoms with E-state index in [0.29, 0.717) is 0 Å². The largest absolute Gasteiger partial charge is 0.394 e. The molecular weight excluding hydrogens is 912 g/mol. The minimum Gasteiger partial charge on any atom is -0.394 e. The minimum atomic E-state index is -2.15. The van der Waals surface area contributed by atoms with Crippen LogP contribution in [-0.4, -0.2) is 316 Å². The normalized spacial score (nSPS) is 55.4. The zero-order valence-electron chi connectivity index (χ0n) is 34.5. The highest BCUT2D eigenvalue weighted by Gasteiger charge is 2.58. The van der Waals surface area contributed by atoms with Gasteiger partial charge in [0.05, 0.1) is 39.6 Å². The van der Waals surface area contributed by atoms with E-state index in [9.17, 15) is 91.9 Å². The van der Waals surface area contributed by atoms with Gasteiger partial charge in [-0.15, -0.1) is 0 Å². The molecule has 0 amide bonds. The summed E-state index contributed by atoms with van der Waals surface area (Å²) in [5.74, 6) is 0. The molecule has 22 rings (SSSR count). The van der Waals surface area contributed by atoms with Crippen LogP contribution >= 0.6 is 0 Å². The van der Waals surface area contributed by atoms with Gasteiger partial charge in [0.15, 0.2) is 37.7 Å². The Balaban J connectivity index is 1.19. The van der Waals surface area contributed by atoms with Crippen molar-refractivity contribution >= 4 is 0 Å². The van der Waals surface area contributed by atoms with Gasteiger partial charge in [-0.2, -0.15) is 0 Å². The number of ether oxygens (including phenoxy) is 12. The lowest BCUT2D eigenvalue weighted by Crippen LogP contribution is -2.69. The molecule has 22 heterocycles. The fourth-order valence-electron chi connectivity index (χ4n) is 8.93. The maximum atomic E-state index is 11.2. The summed E-state index contributed by atoms with van der Waals surface area (Å²) in [5.41, 5.74) is 0. The molecule has 0 aliphatic carbocycles. The van der Waals surface area contributed by atoms with Gasteiger partial charge in [0.25, 0.3) is 0 Å². The molecule has 0 radical (unpaired) electrons. The van der Waals surface area contributed by atoms with E-state index < -0.39 is 224 Å². The Morgan fingerprint density at radius 3 is 0.409 bits per heavy atom. The van der Waals surface area contributed by atoms with E-state index in [0.717, 1.165) is 0 Å².